The Morgan fingerprint density at radius 3 is 2.79 bits per heavy atom. The zero-order valence-corrected chi connectivity index (χ0v) is 10.5. The van der Waals surface area contributed by atoms with Crippen molar-refractivity contribution in [2.75, 3.05) is 0 Å². The van der Waals surface area contributed by atoms with Crippen molar-refractivity contribution in [1.82, 2.24) is 25.6 Å². The number of imidazole rings is 1. The Balaban J connectivity index is 1.75. The summed E-state index contributed by atoms with van der Waals surface area (Å²) in [4.78, 5) is 32.7. The van der Waals surface area contributed by atoms with Gasteiger partial charge in [-0.25, -0.2) is 19.6 Å². The van der Waals surface area contributed by atoms with Crippen molar-refractivity contribution < 1.29 is 14.7 Å². The molecule has 8 nitrogen and oxygen atoms in total. The lowest BCUT2D eigenvalue weighted by molar-refractivity contribution is 0.0691. The Morgan fingerprint density at radius 1 is 1.37 bits per heavy atom. The van der Waals surface area contributed by atoms with Crippen LogP contribution in [0.3, 0.4) is 0 Å². The molecule has 0 bridgehead atoms. The molecule has 0 aromatic carbocycles. The van der Waals surface area contributed by atoms with Crippen LogP contribution >= 0.6 is 11.3 Å². The third-order valence-electron chi connectivity index (χ3n) is 2.14. The molecule has 0 saturated carbocycles. The average molecular weight is 281 g/mol. The van der Waals surface area contributed by atoms with Gasteiger partial charge in [-0.15, -0.1) is 11.3 Å². The molecule has 0 radical (unpaired) electrons. The largest absolute Gasteiger partial charge is 0.476 e. The first-order chi connectivity index (χ1) is 9.15. The molecule has 0 aliphatic carbocycles. The van der Waals surface area contributed by atoms with Gasteiger partial charge >= 0.3 is 12.0 Å². The van der Waals surface area contributed by atoms with Gasteiger partial charge in [0.2, 0.25) is 0 Å². The number of carboxylic acid groups (broad SMARTS) is 1. The van der Waals surface area contributed by atoms with Crippen molar-refractivity contribution in [3.8, 4) is 0 Å². The lowest BCUT2D eigenvalue weighted by Gasteiger charge is -2.04. The number of thiazole rings is 1. The Kier molecular flexibility index (Phi) is 4.08. The summed E-state index contributed by atoms with van der Waals surface area (Å²) in [5.41, 5.74) is -0.0159. The predicted octanol–water partition coefficient (Wildman–Crippen LogP) is 0.564. The summed E-state index contributed by atoms with van der Waals surface area (Å²) in [7, 11) is 0. The van der Waals surface area contributed by atoms with Gasteiger partial charge in [-0.3, -0.25) is 0 Å². The van der Waals surface area contributed by atoms with Gasteiger partial charge in [0, 0.05) is 17.8 Å². The number of nitrogens with one attached hydrogen (secondary N) is 3. The topological polar surface area (TPSA) is 120 Å². The first-order valence-electron chi connectivity index (χ1n) is 5.33. The molecule has 0 spiro atoms. The molecular formula is C10H11N5O3S. The van der Waals surface area contributed by atoms with E-state index in [-0.39, 0.29) is 24.8 Å². The molecule has 9 heteroatoms. The van der Waals surface area contributed by atoms with E-state index < -0.39 is 5.97 Å². The fraction of sp³-hybridized carbons (Fsp3) is 0.200. The molecule has 0 saturated heterocycles. The van der Waals surface area contributed by atoms with Crippen LogP contribution in [0.2, 0.25) is 0 Å². The molecule has 2 aromatic heterocycles. The fourth-order valence-corrected chi connectivity index (χ4v) is 1.98. The summed E-state index contributed by atoms with van der Waals surface area (Å²) < 4.78 is 0. The SMILES string of the molecule is O=C(NCc1ncc[nH]1)NCc1nc(C(=O)O)cs1. The summed E-state index contributed by atoms with van der Waals surface area (Å²) in [6, 6.07) is -0.372. The number of urea groups is 1. The van der Waals surface area contributed by atoms with E-state index >= 15 is 0 Å². The predicted molar refractivity (Wildman–Crippen MR) is 66.7 cm³/mol. The smallest absolute Gasteiger partial charge is 0.355 e. The van der Waals surface area contributed by atoms with Gasteiger partial charge in [0.05, 0.1) is 13.1 Å². The summed E-state index contributed by atoms with van der Waals surface area (Å²) >= 11 is 1.18. The van der Waals surface area contributed by atoms with E-state index in [2.05, 4.69) is 25.6 Å². The van der Waals surface area contributed by atoms with Gasteiger partial charge in [0.1, 0.15) is 10.8 Å². The molecular weight excluding hydrogens is 270 g/mol. The summed E-state index contributed by atoms with van der Waals surface area (Å²) in [6.45, 7) is 0.471. The fourth-order valence-electron chi connectivity index (χ4n) is 1.27. The highest BCUT2D eigenvalue weighted by atomic mass is 32.1. The number of hydrogen-bond acceptors (Lipinski definition) is 5. The molecule has 0 aliphatic heterocycles. The number of amides is 2. The van der Waals surface area contributed by atoms with Crippen LogP contribution in [0.25, 0.3) is 0 Å². The Morgan fingerprint density at radius 2 is 2.16 bits per heavy atom. The van der Waals surface area contributed by atoms with Crippen molar-refractivity contribution in [2.45, 2.75) is 13.1 Å². The average Bonchev–Trinajstić information content (AvgIpc) is 3.05. The number of nitrogens with zero attached hydrogens (tertiary/aromatic N) is 2. The first-order valence-corrected chi connectivity index (χ1v) is 6.21. The molecule has 19 heavy (non-hydrogen) atoms. The van der Waals surface area contributed by atoms with E-state index in [0.717, 1.165) is 0 Å². The molecule has 100 valence electrons. The molecule has 4 N–H and O–H groups in total. The normalized spacial score (nSPS) is 10.1. The first kappa shape index (κ1) is 13.0. The van der Waals surface area contributed by atoms with Gasteiger partial charge in [-0.1, -0.05) is 0 Å². The van der Waals surface area contributed by atoms with Crippen LogP contribution in [-0.2, 0) is 13.1 Å². The molecule has 2 rings (SSSR count). The van der Waals surface area contributed by atoms with Crippen LogP contribution in [0.5, 0.6) is 0 Å². The van der Waals surface area contributed by atoms with Gasteiger partial charge in [-0.05, 0) is 0 Å². The number of H-pyrrole nitrogens is 1. The summed E-state index contributed by atoms with van der Waals surface area (Å²) in [5.74, 6) is -0.428. The van der Waals surface area contributed by atoms with Crippen LogP contribution in [0.15, 0.2) is 17.8 Å². The third-order valence-corrected chi connectivity index (χ3v) is 2.99. The van der Waals surface area contributed by atoms with Gasteiger partial charge in [0.15, 0.2) is 5.69 Å². The minimum absolute atomic E-state index is 0.0159. The molecule has 2 heterocycles. The van der Waals surface area contributed by atoms with Crippen molar-refractivity contribution >= 4 is 23.3 Å². The molecule has 0 atom stereocenters. The summed E-state index contributed by atoms with van der Waals surface area (Å²) in [6.07, 6.45) is 3.26. The van der Waals surface area contributed by atoms with Crippen molar-refractivity contribution in [2.24, 2.45) is 0 Å². The van der Waals surface area contributed by atoms with Crippen LogP contribution < -0.4 is 10.6 Å². The molecule has 0 aliphatic rings. The van der Waals surface area contributed by atoms with E-state index in [1.54, 1.807) is 12.4 Å². The number of aromatic amines is 1. The molecule has 2 amide bonds. The van der Waals surface area contributed by atoms with Gasteiger partial charge < -0.3 is 20.7 Å². The minimum atomic E-state index is -1.08. The number of aromatic nitrogens is 3. The van der Waals surface area contributed by atoms with E-state index in [0.29, 0.717) is 10.8 Å². The number of aromatic carboxylic acids is 1. The number of hydrogen-bond donors (Lipinski definition) is 4. The Labute approximate surface area is 111 Å². The summed E-state index contributed by atoms with van der Waals surface area (Å²) in [5, 5.41) is 15.8. The van der Waals surface area contributed by atoms with E-state index in [9.17, 15) is 9.59 Å². The highest BCUT2D eigenvalue weighted by molar-refractivity contribution is 7.09. The highest BCUT2D eigenvalue weighted by Crippen LogP contribution is 2.09. The van der Waals surface area contributed by atoms with Crippen molar-refractivity contribution in [3.05, 3.63) is 34.3 Å². The van der Waals surface area contributed by atoms with Crippen molar-refractivity contribution in [3.63, 3.8) is 0 Å². The lowest BCUT2D eigenvalue weighted by atomic mass is 10.5. The molecule has 2 aromatic rings. The highest BCUT2D eigenvalue weighted by Gasteiger charge is 2.09. The number of rotatable bonds is 5. The van der Waals surface area contributed by atoms with E-state index in [1.165, 1.54) is 16.7 Å². The maximum Gasteiger partial charge on any atom is 0.355 e. The maximum atomic E-state index is 11.4. The van der Waals surface area contributed by atoms with Crippen molar-refractivity contribution in [1.29, 1.82) is 0 Å². The van der Waals surface area contributed by atoms with Gasteiger partial charge in [-0.2, -0.15) is 0 Å². The Hall–Kier alpha value is -2.42. The van der Waals surface area contributed by atoms with Crippen LogP contribution in [0, 0.1) is 0 Å². The second-order valence-corrected chi connectivity index (χ2v) is 4.45. The maximum absolute atomic E-state index is 11.4. The second kappa shape index (κ2) is 5.96. The zero-order chi connectivity index (χ0) is 13.7. The lowest BCUT2D eigenvalue weighted by Crippen LogP contribution is -2.34. The van der Waals surface area contributed by atoms with Crippen LogP contribution in [-0.4, -0.2) is 32.1 Å². The van der Waals surface area contributed by atoms with E-state index in [1.807, 2.05) is 0 Å². The Bertz CT molecular complexity index is 565. The van der Waals surface area contributed by atoms with Crippen LogP contribution in [0.1, 0.15) is 21.3 Å². The number of carbonyl (C=O) groups excluding carboxylic acids is 1. The second-order valence-electron chi connectivity index (χ2n) is 3.50. The number of carboxylic acids is 1. The van der Waals surface area contributed by atoms with Crippen LogP contribution in [0.4, 0.5) is 4.79 Å². The number of carbonyl (C=O) groups is 2. The standard InChI is InChI=1S/C10H11N5O3S/c16-9(17)6-5-19-8(15-6)4-14-10(18)13-3-7-11-1-2-12-7/h1-2,5H,3-4H2,(H,11,12)(H,16,17)(H2,13,14,18). The zero-order valence-electron chi connectivity index (χ0n) is 9.71. The quantitative estimate of drug-likeness (QED) is 0.638. The third kappa shape index (κ3) is 3.78. The minimum Gasteiger partial charge on any atom is -0.476 e. The molecule has 0 unspecified atom stereocenters. The monoisotopic (exact) mass is 281 g/mol. The van der Waals surface area contributed by atoms with E-state index in [4.69, 9.17) is 5.11 Å². The molecule has 0 fully saturated rings. The van der Waals surface area contributed by atoms with Gasteiger partial charge in [0.25, 0.3) is 0 Å².